The number of likely N-dealkylation sites (N-methyl/N-ethyl adjacent to an activating group) is 1. The van der Waals surface area contributed by atoms with Gasteiger partial charge in [0.1, 0.15) is 0 Å². The van der Waals surface area contributed by atoms with Crippen LogP contribution >= 0.6 is 23.5 Å². The zero-order valence-electron chi connectivity index (χ0n) is 12.5. The standard InChI is InChI=1S/C16H25NS2/c1-11-7-12(2)14(13(3)8-11)9-15(17-4)16-10-18-5-6-19-16/h7-8,15-17H,5-6,9-10H2,1-4H3. The summed E-state index contributed by atoms with van der Waals surface area (Å²) in [5.74, 6) is 3.92. The highest BCUT2D eigenvalue weighted by atomic mass is 32.2. The van der Waals surface area contributed by atoms with Gasteiger partial charge in [0.25, 0.3) is 0 Å². The molecule has 1 fully saturated rings. The SMILES string of the molecule is CNC(Cc1c(C)cc(C)cc1C)C1CSCCS1. The summed E-state index contributed by atoms with van der Waals surface area (Å²) in [7, 11) is 2.11. The van der Waals surface area contributed by atoms with E-state index in [0.29, 0.717) is 6.04 Å². The van der Waals surface area contributed by atoms with Gasteiger partial charge in [0.2, 0.25) is 0 Å². The second-order valence-corrected chi connectivity index (χ2v) is 7.96. The second-order valence-electron chi connectivity index (χ2n) is 5.46. The third-order valence-electron chi connectivity index (χ3n) is 3.93. The maximum Gasteiger partial charge on any atom is 0.0295 e. The van der Waals surface area contributed by atoms with Crippen LogP contribution in [0.5, 0.6) is 0 Å². The summed E-state index contributed by atoms with van der Waals surface area (Å²) in [4.78, 5) is 0. The fraction of sp³-hybridized carbons (Fsp3) is 0.625. The van der Waals surface area contributed by atoms with Crippen molar-refractivity contribution in [2.24, 2.45) is 0 Å². The molecule has 1 aliphatic heterocycles. The number of hydrogen-bond acceptors (Lipinski definition) is 3. The average molecular weight is 296 g/mol. The van der Waals surface area contributed by atoms with E-state index in [2.05, 4.69) is 68.8 Å². The quantitative estimate of drug-likeness (QED) is 0.911. The van der Waals surface area contributed by atoms with Gasteiger partial charge in [0.15, 0.2) is 0 Å². The van der Waals surface area contributed by atoms with Gasteiger partial charge in [-0.05, 0) is 50.9 Å². The summed E-state index contributed by atoms with van der Waals surface area (Å²) >= 11 is 4.25. The topological polar surface area (TPSA) is 12.0 Å². The van der Waals surface area contributed by atoms with E-state index in [0.717, 1.165) is 11.7 Å². The molecule has 19 heavy (non-hydrogen) atoms. The molecule has 0 radical (unpaired) electrons. The molecule has 1 saturated heterocycles. The van der Waals surface area contributed by atoms with E-state index in [-0.39, 0.29) is 0 Å². The van der Waals surface area contributed by atoms with E-state index in [1.807, 2.05) is 0 Å². The van der Waals surface area contributed by atoms with E-state index >= 15 is 0 Å². The molecule has 2 atom stereocenters. The van der Waals surface area contributed by atoms with Gasteiger partial charge >= 0.3 is 0 Å². The van der Waals surface area contributed by atoms with Crippen molar-refractivity contribution in [3.8, 4) is 0 Å². The first-order valence-electron chi connectivity index (χ1n) is 7.05. The molecule has 0 bridgehead atoms. The number of hydrogen-bond donors (Lipinski definition) is 1. The lowest BCUT2D eigenvalue weighted by molar-refractivity contribution is 0.555. The number of aryl methyl sites for hydroxylation is 3. The molecule has 0 saturated carbocycles. The minimum absolute atomic E-state index is 0.595. The predicted molar refractivity (Wildman–Crippen MR) is 90.8 cm³/mol. The van der Waals surface area contributed by atoms with Gasteiger partial charge in [-0.3, -0.25) is 0 Å². The van der Waals surface area contributed by atoms with Crippen molar-refractivity contribution in [3.63, 3.8) is 0 Å². The van der Waals surface area contributed by atoms with Crippen molar-refractivity contribution in [1.29, 1.82) is 0 Å². The van der Waals surface area contributed by atoms with Gasteiger partial charge in [-0.2, -0.15) is 23.5 Å². The molecule has 1 heterocycles. The van der Waals surface area contributed by atoms with Crippen LogP contribution in [0.2, 0.25) is 0 Å². The van der Waals surface area contributed by atoms with Crippen molar-refractivity contribution < 1.29 is 0 Å². The molecule has 1 aromatic rings. The van der Waals surface area contributed by atoms with Gasteiger partial charge in [-0.25, -0.2) is 0 Å². The highest BCUT2D eigenvalue weighted by molar-refractivity contribution is 8.06. The maximum atomic E-state index is 3.56. The van der Waals surface area contributed by atoms with Crippen LogP contribution in [0, 0.1) is 20.8 Å². The molecule has 1 N–H and O–H groups in total. The zero-order chi connectivity index (χ0) is 13.8. The van der Waals surface area contributed by atoms with Crippen LogP contribution in [0.25, 0.3) is 0 Å². The Morgan fingerprint density at radius 3 is 2.42 bits per heavy atom. The summed E-state index contributed by atoms with van der Waals surface area (Å²) < 4.78 is 0. The van der Waals surface area contributed by atoms with Crippen LogP contribution in [-0.4, -0.2) is 35.6 Å². The van der Waals surface area contributed by atoms with Gasteiger partial charge in [0, 0.05) is 28.6 Å². The summed E-state index contributed by atoms with van der Waals surface area (Å²) in [6.07, 6.45) is 1.16. The molecule has 106 valence electrons. The Kier molecular flexibility index (Phi) is 5.67. The smallest absolute Gasteiger partial charge is 0.0295 e. The van der Waals surface area contributed by atoms with E-state index < -0.39 is 0 Å². The molecule has 0 amide bonds. The summed E-state index contributed by atoms with van der Waals surface area (Å²) in [6, 6.07) is 5.23. The van der Waals surface area contributed by atoms with Crippen LogP contribution in [0.15, 0.2) is 12.1 Å². The zero-order valence-corrected chi connectivity index (χ0v) is 14.1. The Labute approximate surface area is 126 Å². The molecule has 2 rings (SSSR count). The number of rotatable bonds is 4. The van der Waals surface area contributed by atoms with Crippen LogP contribution in [0.1, 0.15) is 22.3 Å². The van der Waals surface area contributed by atoms with Gasteiger partial charge in [-0.15, -0.1) is 0 Å². The minimum atomic E-state index is 0.595. The fourth-order valence-corrected chi connectivity index (χ4v) is 5.84. The number of thioether (sulfide) groups is 2. The molecule has 1 aliphatic rings. The lowest BCUT2D eigenvalue weighted by atomic mass is 9.93. The Balaban J connectivity index is 2.13. The third kappa shape index (κ3) is 3.93. The fourth-order valence-electron chi connectivity index (χ4n) is 2.91. The third-order valence-corrected chi connectivity index (χ3v) is 6.85. The Bertz CT molecular complexity index is 402. The molecule has 2 unspecified atom stereocenters. The van der Waals surface area contributed by atoms with Crippen molar-refractivity contribution >= 4 is 23.5 Å². The van der Waals surface area contributed by atoms with E-state index in [9.17, 15) is 0 Å². The highest BCUT2D eigenvalue weighted by Crippen LogP contribution is 2.29. The first-order valence-corrected chi connectivity index (χ1v) is 9.25. The number of benzene rings is 1. The number of nitrogens with one attached hydrogen (secondary N) is 1. The molecular formula is C16H25NS2. The molecule has 0 aliphatic carbocycles. The average Bonchev–Trinajstić information content (AvgIpc) is 2.39. The van der Waals surface area contributed by atoms with Gasteiger partial charge in [0.05, 0.1) is 0 Å². The van der Waals surface area contributed by atoms with Gasteiger partial charge in [-0.1, -0.05) is 17.7 Å². The monoisotopic (exact) mass is 295 g/mol. The molecule has 3 heteroatoms. The van der Waals surface area contributed by atoms with Crippen LogP contribution in [0.4, 0.5) is 0 Å². The molecular weight excluding hydrogens is 270 g/mol. The summed E-state index contributed by atoms with van der Waals surface area (Å²) in [5.41, 5.74) is 5.82. The second kappa shape index (κ2) is 7.05. The van der Waals surface area contributed by atoms with Gasteiger partial charge < -0.3 is 5.32 Å². The van der Waals surface area contributed by atoms with Crippen molar-refractivity contribution in [1.82, 2.24) is 5.32 Å². The van der Waals surface area contributed by atoms with Crippen LogP contribution in [0.3, 0.4) is 0 Å². The minimum Gasteiger partial charge on any atom is -0.316 e. The highest BCUT2D eigenvalue weighted by Gasteiger charge is 2.24. The first kappa shape index (κ1) is 15.3. The molecule has 1 aromatic carbocycles. The molecule has 1 nitrogen and oxygen atoms in total. The Hall–Kier alpha value is -0.120. The molecule has 0 aromatic heterocycles. The molecule has 0 spiro atoms. The van der Waals surface area contributed by atoms with E-state index in [1.165, 1.54) is 33.9 Å². The first-order chi connectivity index (χ1) is 9.11. The Morgan fingerprint density at radius 1 is 1.21 bits per heavy atom. The van der Waals surface area contributed by atoms with Crippen molar-refractivity contribution in [2.45, 2.75) is 38.5 Å². The van der Waals surface area contributed by atoms with Crippen LogP contribution < -0.4 is 5.32 Å². The normalized spacial score (nSPS) is 21.4. The lowest BCUT2D eigenvalue weighted by Gasteiger charge is -2.30. The van der Waals surface area contributed by atoms with Crippen LogP contribution in [-0.2, 0) is 6.42 Å². The maximum absolute atomic E-state index is 3.56. The largest absolute Gasteiger partial charge is 0.316 e. The van der Waals surface area contributed by atoms with E-state index in [4.69, 9.17) is 0 Å². The van der Waals surface area contributed by atoms with Crippen molar-refractivity contribution in [3.05, 3.63) is 34.4 Å². The Morgan fingerprint density at radius 2 is 1.89 bits per heavy atom. The lowest BCUT2D eigenvalue weighted by Crippen LogP contribution is -2.41. The van der Waals surface area contributed by atoms with E-state index in [1.54, 1.807) is 5.56 Å². The summed E-state index contributed by atoms with van der Waals surface area (Å²) in [6.45, 7) is 6.70. The van der Waals surface area contributed by atoms with Crippen molar-refractivity contribution in [2.75, 3.05) is 24.3 Å². The predicted octanol–water partition coefficient (Wildman–Crippen LogP) is 3.59. The summed E-state index contributed by atoms with van der Waals surface area (Å²) in [5, 5.41) is 4.31.